The lowest BCUT2D eigenvalue weighted by molar-refractivity contribution is 0.229. The Bertz CT molecular complexity index is 464. The van der Waals surface area contributed by atoms with E-state index in [2.05, 4.69) is 42.7 Å². The molecule has 3 nitrogen and oxygen atoms in total. The molecule has 0 unspecified atom stereocenters. The molecule has 1 saturated carbocycles. The number of carbonyl (C=O) groups excluding carboxylic acids is 1. The van der Waals surface area contributed by atoms with Crippen LogP contribution >= 0.6 is 0 Å². The third-order valence-electron chi connectivity index (χ3n) is 4.19. The van der Waals surface area contributed by atoms with Gasteiger partial charge in [0.25, 0.3) is 0 Å². The number of urea groups is 1. The van der Waals surface area contributed by atoms with Gasteiger partial charge in [-0.1, -0.05) is 43.0 Å². The van der Waals surface area contributed by atoms with Gasteiger partial charge in [0.15, 0.2) is 0 Å². The molecule has 1 aromatic rings. The maximum absolute atomic E-state index is 12.1. The maximum Gasteiger partial charge on any atom is 0.315 e. The molecular weight excluding hydrogens is 248 g/mol. The van der Waals surface area contributed by atoms with E-state index in [4.69, 9.17) is 0 Å². The molecule has 110 valence electrons. The van der Waals surface area contributed by atoms with Crippen molar-refractivity contribution in [2.45, 2.75) is 65.0 Å². The Morgan fingerprint density at radius 2 is 1.90 bits per heavy atom. The predicted molar refractivity (Wildman–Crippen MR) is 82.9 cm³/mol. The van der Waals surface area contributed by atoms with Crippen molar-refractivity contribution in [1.82, 2.24) is 10.6 Å². The summed E-state index contributed by atoms with van der Waals surface area (Å²) in [4.78, 5) is 12.1. The summed E-state index contributed by atoms with van der Waals surface area (Å²) < 4.78 is 0. The van der Waals surface area contributed by atoms with Crippen LogP contribution in [-0.2, 0) is 0 Å². The van der Waals surface area contributed by atoms with Crippen molar-refractivity contribution in [3.63, 3.8) is 0 Å². The maximum atomic E-state index is 12.1. The Kier molecular flexibility index (Phi) is 5.05. The van der Waals surface area contributed by atoms with E-state index in [9.17, 15) is 4.79 Å². The van der Waals surface area contributed by atoms with E-state index in [1.54, 1.807) is 0 Å². The standard InChI is InChI=1S/C17H26N2O/c1-12-9-10-13(2)16(11-12)14(3)18-17(20)19-15-7-5-4-6-8-15/h9-11,14-15H,4-8H2,1-3H3,(H2,18,19,20)/t14-/m1/s1. The molecule has 0 aromatic heterocycles. The highest BCUT2D eigenvalue weighted by Crippen LogP contribution is 2.20. The van der Waals surface area contributed by atoms with E-state index in [1.165, 1.54) is 36.0 Å². The van der Waals surface area contributed by atoms with Gasteiger partial charge in [-0.3, -0.25) is 0 Å². The summed E-state index contributed by atoms with van der Waals surface area (Å²) in [6.07, 6.45) is 6.00. The Morgan fingerprint density at radius 3 is 2.60 bits per heavy atom. The van der Waals surface area contributed by atoms with Crippen molar-refractivity contribution in [2.75, 3.05) is 0 Å². The number of aryl methyl sites for hydroxylation is 2. The summed E-state index contributed by atoms with van der Waals surface area (Å²) in [6, 6.07) is 6.73. The molecule has 0 heterocycles. The number of hydrogen-bond donors (Lipinski definition) is 2. The highest BCUT2D eigenvalue weighted by Gasteiger charge is 2.17. The second-order valence-corrected chi connectivity index (χ2v) is 6.03. The lowest BCUT2D eigenvalue weighted by atomic mass is 9.96. The van der Waals surface area contributed by atoms with Gasteiger partial charge in [0.2, 0.25) is 0 Å². The number of nitrogens with one attached hydrogen (secondary N) is 2. The predicted octanol–water partition coefficient (Wildman–Crippen LogP) is 4.00. The number of benzene rings is 1. The first kappa shape index (κ1) is 14.9. The molecule has 20 heavy (non-hydrogen) atoms. The average Bonchev–Trinajstić information content (AvgIpc) is 2.42. The van der Waals surface area contributed by atoms with Crippen LogP contribution < -0.4 is 10.6 Å². The van der Waals surface area contributed by atoms with Crippen LogP contribution in [0.15, 0.2) is 18.2 Å². The average molecular weight is 274 g/mol. The molecule has 1 aliphatic rings. The Balaban J connectivity index is 1.91. The van der Waals surface area contributed by atoms with Gasteiger partial charge in [-0.25, -0.2) is 4.79 Å². The van der Waals surface area contributed by atoms with Crippen molar-refractivity contribution in [2.24, 2.45) is 0 Å². The smallest absolute Gasteiger partial charge is 0.315 e. The van der Waals surface area contributed by atoms with Gasteiger partial charge >= 0.3 is 6.03 Å². The zero-order chi connectivity index (χ0) is 14.5. The zero-order valence-electron chi connectivity index (χ0n) is 12.8. The summed E-state index contributed by atoms with van der Waals surface area (Å²) >= 11 is 0. The van der Waals surface area contributed by atoms with Crippen LogP contribution in [-0.4, -0.2) is 12.1 Å². The van der Waals surface area contributed by atoms with Crippen LogP contribution in [0.25, 0.3) is 0 Å². The van der Waals surface area contributed by atoms with Crippen LogP contribution in [0.3, 0.4) is 0 Å². The van der Waals surface area contributed by atoms with Crippen LogP contribution in [0.5, 0.6) is 0 Å². The molecule has 0 bridgehead atoms. The van der Waals surface area contributed by atoms with Crippen molar-refractivity contribution >= 4 is 6.03 Å². The minimum atomic E-state index is -0.0368. The molecule has 2 amide bonds. The van der Waals surface area contributed by atoms with Crippen molar-refractivity contribution in [1.29, 1.82) is 0 Å². The molecule has 1 aromatic carbocycles. The largest absolute Gasteiger partial charge is 0.335 e. The molecule has 0 radical (unpaired) electrons. The van der Waals surface area contributed by atoms with Crippen LogP contribution in [0.2, 0.25) is 0 Å². The van der Waals surface area contributed by atoms with Gasteiger partial charge in [0.1, 0.15) is 0 Å². The summed E-state index contributed by atoms with van der Waals surface area (Å²) in [6.45, 7) is 6.21. The molecule has 0 aliphatic heterocycles. The first-order valence-corrected chi connectivity index (χ1v) is 7.70. The third kappa shape index (κ3) is 3.99. The second-order valence-electron chi connectivity index (χ2n) is 6.03. The molecule has 1 aliphatic carbocycles. The molecule has 2 rings (SSSR count). The summed E-state index contributed by atoms with van der Waals surface area (Å²) in [7, 11) is 0. The molecule has 0 spiro atoms. The second kappa shape index (κ2) is 6.78. The van der Waals surface area contributed by atoms with E-state index in [0.717, 1.165) is 12.8 Å². The fourth-order valence-corrected chi connectivity index (χ4v) is 2.97. The fourth-order valence-electron chi connectivity index (χ4n) is 2.97. The van der Waals surface area contributed by atoms with Gasteiger partial charge in [-0.2, -0.15) is 0 Å². The van der Waals surface area contributed by atoms with Crippen LogP contribution in [0.4, 0.5) is 4.79 Å². The van der Waals surface area contributed by atoms with Crippen molar-refractivity contribution < 1.29 is 4.79 Å². The van der Waals surface area contributed by atoms with Crippen LogP contribution in [0.1, 0.15) is 61.8 Å². The zero-order valence-corrected chi connectivity index (χ0v) is 12.8. The van der Waals surface area contributed by atoms with E-state index in [-0.39, 0.29) is 12.1 Å². The molecule has 2 N–H and O–H groups in total. The minimum absolute atomic E-state index is 0.0368. The summed E-state index contributed by atoms with van der Waals surface area (Å²) in [5, 5.41) is 6.17. The molecule has 3 heteroatoms. The number of hydrogen-bond acceptors (Lipinski definition) is 1. The van der Waals surface area contributed by atoms with Gasteiger partial charge in [0, 0.05) is 6.04 Å². The molecule has 1 fully saturated rings. The fraction of sp³-hybridized carbons (Fsp3) is 0.588. The lowest BCUT2D eigenvalue weighted by Crippen LogP contribution is -2.43. The minimum Gasteiger partial charge on any atom is -0.335 e. The topological polar surface area (TPSA) is 41.1 Å². The van der Waals surface area contributed by atoms with Gasteiger partial charge in [-0.05, 0) is 44.7 Å². The Morgan fingerprint density at radius 1 is 1.20 bits per heavy atom. The number of carbonyl (C=O) groups is 1. The highest BCUT2D eigenvalue weighted by atomic mass is 16.2. The third-order valence-corrected chi connectivity index (χ3v) is 4.19. The van der Waals surface area contributed by atoms with Crippen molar-refractivity contribution in [3.8, 4) is 0 Å². The summed E-state index contributed by atoms with van der Waals surface area (Å²) in [5.74, 6) is 0. The highest BCUT2D eigenvalue weighted by molar-refractivity contribution is 5.74. The normalized spacial score (nSPS) is 17.6. The summed E-state index contributed by atoms with van der Waals surface area (Å²) in [5.41, 5.74) is 3.65. The van der Waals surface area contributed by atoms with E-state index < -0.39 is 0 Å². The quantitative estimate of drug-likeness (QED) is 0.859. The molecular formula is C17H26N2O. The van der Waals surface area contributed by atoms with E-state index in [0.29, 0.717) is 6.04 Å². The number of rotatable bonds is 3. The van der Waals surface area contributed by atoms with Crippen LogP contribution in [0, 0.1) is 13.8 Å². The number of amides is 2. The monoisotopic (exact) mass is 274 g/mol. The molecule has 0 saturated heterocycles. The Hall–Kier alpha value is -1.51. The Labute approximate surface area is 122 Å². The van der Waals surface area contributed by atoms with E-state index >= 15 is 0 Å². The first-order valence-electron chi connectivity index (χ1n) is 7.70. The van der Waals surface area contributed by atoms with Crippen molar-refractivity contribution in [3.05, 3.63) is 34.9 Å². The molecule has 1 atom stereocenters. The van der Waals surface area contributed by atoms with Gasteiger partial charge < -0.3 is 10.6 Å². The lowest BCUT2D eigenvalue weighted by Gasteiger charge is -2.24. The van der Waals surface area contributed by atoms with Gasteiger partial charge in [-0.15, -0.1) is 0 Å². The van der Waals surface area contributed by atoms with E-state index in [1.807, 2.05) is 6.92 Å². The van der Waals surface area contributed by atoms with Gasteiger partial charge in [0.05, 0.1) is 6.04 Å². The first-order chi connectivity index (χ1) is 9.56. The SMILES string of the molecule is Cc1ccc(C)c([C@@H](C)NC(=O)NC2CCCCC2)c1.